The van der Waals surface area contributed by atoms with Gasteiger partial charge < -0.3 is 4.74 Å². The highest BCUT2D eigenvalue weighted by Crippen LogP contribution is 2.52. The van der Waals surface area contributed by atoms with E-state index < -0.39 is 0 Å². The van der Waals surface area contributed by atoms with Crippen LogP contribution in [0.2, 0.25) is 0 Å². The molecule has 0 aromatic heterocycles. The average Bonchev–Trinajstić information content (AvgIpc) is 2.76. The number of ether oxygens (including phenoxy) is 1. The van der Waals surface area contributed by atoms with Gasteiger partial charge in [-0.25, -0.2) is 4.79 Å². The van der Waals surface area contributed by atoms with Crippen LogP contribution in [0.1, 0.15) is 54.9 Å². The van der Waals surface area contributed by atoms with E-state index in [9.17, 15) is 4.79 Å². The predicted molar refractivity (Wildman–Crippen MR) is 77.8 cm³/mol. The zero-order chi connectivity index (χ0) is 13.3. The first-order chi connectivity index (χ1) is 9.22. The van der Waals surface area contributed by atoms with E-state index >= 15 is 0 Å². The summed E-state index contributed by atoms with van der Waals surface area (Å²) in [7, 11) is 0. The Bertz CT molecular complexity index is 490. The minimum absolute atomic E-state index is 0.199. The smallest absolute Gasteiger partial charge is 0.338 e. The van der Waals surface area contributed by atoms with Crippen LogP contribution in [0.4, 0.5) is 0 Å². The summed E-state index contributed by atoms with van der Waals surface area (Å²) in [5, 5.41) is 0. The minimum atomic E-state index is -0.199. The van der Waals surface area contributed by atoms with Gasteiger partial charge in [0, 0.05) is 9.64 Å². The predicted octanol–water partition coefficient (Wildman–Crippen LogP) is 4.21. The first kappa shape index (κ1) is 13.0. The van der Waals surface area contributed by atoms with E-state index in [1.807, 2.05) is 30.8 Å². The number of carbonyl (C=O) groups is 1. The van der Waals surface area contributed by atoms with E-state index in [-0.39, 0.29) is 5.97 Å². The highest BCUT2D eigenvalue weighted by Gasteiger charge is 2.39. The minimum Gasteiger partial charge on any atom is -0.462 e. The van der Waals surface area contributed by atoms with Gasteiger partial charge in [0.2, 0.25) is 0 Å². The van der Waals surface area contributed by atoms with Crippen LogP contribution >= 0.6 is 11.8 Å². The van der Waals surface area contributed by atoms with Gasteiger partial charge in [0.15, 0.2) is 0 Å². The van der Waals surface area contributed by atoms with Crippen LogP contribution in [0.15, 0.2) is 23.1 Å². The molecule has 2 nitrogen and oxygen atoms in total. The van der Waals surface area contributed by atoms with Crippen molar-refractivity contribution in [1.29, 1.82) is 0 Å². The van der Waals surface area contributed by atoms with Crippen molar-refractivity contribution in [2.24, 2.45) is 0 Å². The first-order valence-corrected chi connectivity index (χ1v) is 8.03. The third-order valence-electron chi connectivity index (χ3n) is 4.18. The van der Waals surface area contributed by atoms with Gasteiger partial charge in [0.05, 0.1) is 12.2 Å². The van der Waals surface area contributed by atoms with Crippen molar-refractivity contribution in [2.75, 3.05) is 6.61 Å². The van der Waals surface area contributed by atoms with Crippen LogP contribution in [-0.4, -0.2) is 17.3 Å². The molecule has 2 aliphatic rings. The molecule has 0 unspecified atom stereocenters. The molecule has 0 bridgehead atoms. The molecule has 1 fully saturated rings. The van der Waals surface area contributed by atoms with Crippen LogP contribution in [0.5, 0.6) is 0 Å². The van der Waals surface area contributed by atoms with Crippen molar-refractivity contribution < 1.29 is 9.53 Å². The highest BCUT2D eigenvalue weighted by molar-refractivity contribution is 8.01. The quantitative estimate of drug-likeness (QED) is 0.757. The third kappa shape index (κ3) is 2.53. The van der Waals surface area contributed by atoms with E-state index in [2.05, 4.69) is 6.07 Å². The van der Waals surface area contributed by atoms with Crippen LogP contribution < -0.4 is 0 Å². The molecule has 1 aliphatic carbocycles. The fraction of sp³-hybridized carbons (Fsp3) is 0.562. The summed E-state index contributed by atoms with van der Waals surface area (Å²) in [5.74, 6) is -0.199. The van der Waals surface area contributed by atoms with Crippen molar-refractivity contribution in [1.82, 2.24) is 0 Å². The second-order valence-corrected chi connectivity index (χ2v) is 7.08. The maximum atomic E-state index is 11.8. The molecule has 3 heteroatoms. The van der Waals surface area contributed by atoms with Gasteiger partial charge in [0.1, 0.15) is 0 Å². The summed E-state index contributed by atoms with van der Waals surface area (Å²) in [6, 6.07) is 6.07. The number of fused-ring (bicyclic) bond motifs is 1. The Morgan fingerprint density at radius 3 is 2.84 bits per heavy atom. The lowest BCUT2D eigenvalue weighted by Gasteiger charge is -2.32. The van der Waals surface area contributed by atoms with Crippen molar-refractivity contribution in [3.63, 3.8) is 0 Å². The molecule has 0 saturated heterocycles. The van der Waals surface area contributed by atoms with E-state index in [0.29, 0.717) is 16.9 Å². The number of hydrogen-bond donors (Lipinski definition) is 0. The van der Waals surface area contributed by atoms with Gasteiger partial charge in [-0.15, -0.1) is 11.8 Å². The zero-order valence-electron chi connectivity index (χ0n) is 11.4. The molecular weight excluding hydrogens is 256 g/mol. The van der Waals surface area contributed by atoms with E-state index in [1.54, 1.807) is 0 Å². The number of hydrogen-bond acceptors (Lipinski definition) is 3. The molecule has 1 heterocycles. The van der Waals surface area contributed by atoms with Gasteiger partial charge in [-0.3, -0.25) is 0 Å². The molecule has 0 amide bonds. The Hall–Kier alpha value is -0.960. The van der Waals surface area contributed by atoms with Crippen LogP contribution in [-0.2, 0) is 11.2 Å². The third-order valence-corrected chi connectivity index (χ3v) is 5.77. The lowest BCUT2D eigenvalue weighted by molar-refractivity contribution is 0.0526. The Morgan fingerprint density at radius 1 is 1.32 bits per heavy atom. The number of benzene rings is 1. The second-order valence-electron chi connectivity index (χ2n) is 5.57. The molecule has 0 atom stereocenters. The lowest BCUT2D eigenvalue weighted by atomic mass is 9.84. The highest BCUT2D eigenvalue weighted by atomic mass is 32.2. The van der Waals surface area contributed by atoms with E-state index in [1.165, 1.54) is 49.0 Å². The molecule has 1 spiro atoms. The Labute approximate surface area is 118 Å². The Morgan fingerprint density at radius 2 is 2.11 bits per heavy atom. The summed E-state index contributed by atoms with van der Waals surface area (Å²) in [6.07, 6.45) is 7.91. The van der Waals surface area contributed by atoms with Gasteiger partial charge in [0.25, 0.3) is 0 Å². The SMILES string of the molecule is CCOC(=O)c1ccc2c(c1)SC1(CCCCC1)C2. The molecule has 1 aromatic carbocycles. The number of rotatable bonds is 2. The first-order valence-electron chi connectivity index (χ1n) is 7.21. The summed E-state index contributed by atoms with van der Waals surface area (Å²) in [6.45, 7) is 2.28. The van der Waals surface area contributed by atoms with E-state index in [4.69, 9.17) is 4.74 Å². The fourth-order valence-corrected chi connectivity index (χ4v) is 4.87. The maximum absolute atomic E-state index is 11.8. The zero-order valence-corrected chi connectivity index (χ0v) is 12.2. The molecule has 0 N–H and O–H groups in total. The molecule has 0 radical (unpaired) electrons. The van der Waals surface area contributed by atoms with Gasteiger partial charge in [-0.1, -0.05) is 25.3 Å². The molecule has 1 aromatic rings. The molecule has 3 rings (SSSR count). The summed E-state index contributed by atoms with van der Waals surface area (Å²) >= 11 is 2.00. The molecule has 1 aliphatic heterocycles. The van der Waals surface area contributed by atoms with Crippen molar-refractivity contribution >= 4 is 17.7 Å². The summed E-state index contributed by atoms with van der Waals surface area (Å²) in [4.78, 5) is 13.1. The molecule has 1 saturated carbocycles. The largest absolute Gasteiger partial charge is 0.462 e. The van der Waals surface area contributed by atoms with Gasteiger partial charge in [-0.2, -0.15) is 0 Å². The second kappa shape index (κ2) is 5.20. The van der Waals surface area contributed by atoms with Crippen molar-refractivity contribution in [3.05, 3.63) is 29.3 Å². The van der Waals surface area contributed by atoms with Crippen LogP contribution in [0.3, 0.4) is 0 Å². The van der Waals surface area contributed by atoms with Crippen molar-refractivity contribution in [2.45, 2.75) is 55.1 Å². The Kier molecular flexibility index (Phi) is 3.57. The fourth-order valence-electron chi connectivity index (χ4n) is 3.23. The topological polar surface area (TPSA) is 26.3 Å². The number of esters is 1. The molecule has 19 heavy (non-hydrogen) atoms. The molecule has 102 valence electrons. The van der Waals surface area contributed by atoms with E-state index in [0.717, 1.165) is 0 Å². The van der Waals surface area contributed by atoms with Gasteiger partial charge in [-0.05, 0) is 43.9 Å². The van der Waals surface area contributed by atoms with Crippen molar-refractivity contribution in [3.8, 4) is 0 Å². The lowest BCUT2D eigenvalue weighted by Crippen LogP contribution is -2.26. The Balaban J connectivity index is 1.81. The maximum Gasteiger partial charge on any atom is 0.338 e. The normalized spacial score (nSPS) is 20.3. The van der Waals surface area contributed by atoms with Crippen LogP contribution in [0, 0.1) is 0 Å². The van der Waals surface area contributed by atoms with Gasteiger partial charge >= 0.3 is 5.97 Å². The monoisotopic (exact) mass is 276 g/mol. The van der Waals surface area contributed by atoms with Crippen LogP contribution in [0.25, 0.3) is 0 Å². The summed E-state index contributed by atoms with van der Waals surface area (Å²) in [5.41, 5.74) is 2.11. The average molecular weight is 276 g/mol. The standard InChI is InChI=1S/C16H20O2S/c1-2-18-15(17)12-6-7-13-11-16(19-14(13)10-12)8-4-3-5-9-16/h6-7,10H,2-5,8-9,11H2,1H3. The number of thioether (sulfide) groups is 1. The molecular formula is C16H20O2S. The summed E-state index contributed by atoms with van der Waals surface area (Å²) < 4.78 is 5.50. The number of carbonyl (C=O) groups excluding carboxylic acids is 1.